The molecule has 0 aliphatic carbocycles. The number of rotatable bonds is 3. The normalized spacial score (nSPS) is 12.1. The number of nitrogens with one attached hydrogen (secondary N) is 1. The van der Waals surface area contributed by atoms with Crippen molar-refractivity contribution in [2.75, 3.05) is 12.1 Å². The first-order valence-electron chi connectivity index (χ1n) is 7.02. The molecule has 1 aliphatic rings. The van der Waals surface area contributed by atoms with Crippen molar-refractivity contribution >= 4 is 11.8 Å². The van der Waals surface area contributed by atoms with Crippen molar-refractivity contribution in [3.8, 4) is 11.5 Å². The second-order valence-corrected chi connectivity index (χ2v) is 5.14. The van der Waals surface area contributed by atoms with Crippen molar-refractivity contribution in [2.45, 2.75) is 20.5 Å². The monoisotopic (exact) mass is 299 g/mol. The van der Waals surface area contributed by atoms with Gasteiger partial charge in [-0.1, -0.05) is 18.2 Å². The second-order valence-electron chi connectivity index (χ2n) is 5.14. The molecule has 1 aliphatic heterocycles. The summed E-state index contributed by atoms with van der Waals surface area (Å²) in [5.74, 6) is 1.39. The number of carbonyl (C=O) groups excluding carboxylic acids is 1. The van der Waals surface area contributed by atoms with Crippen LogP contribution in [0.3, 0.4) is 0 Å². The van der Waals surface area contributed by atoms with Gasteiger partial charge in [0.2, 0.25) is 6.79 Å². The zero-order chi connectivity index (χ0) is 15.5. The molecule has 22 heavy (non-hydrogen) atoms. The van der Waals surface area contributed by atoms with E-state index < -0.39 is 6.09 Å². The third-order valence-electron chi connectivity index (χ3n) is 3.65. The summed E-state index contributed by atoms with van der Waals surface area (Å²) >= 11 is 0. The Morgan fingerprint density at radius 3 is 2.86 bits per heavy atom. The van der Waals surface area contributed by atoms with Gasteiger partial charge in [0.05, 0.1) is 0 Å². The Morgan fingerprint density at radius 1 is 1.18 bits per heavy atom. The van der Waals surface area contributed by atoms with Crippen LogP contribution in [0.5, 0.6) is 11.5 Å². The van der Waals surface area contributed by atoms with E-state index in [1.807, 2.05) is 50.2 Å². The molecule has 2 aromatic carbocycles. The van der Waals surface area contributed by atoms with Crippen molar-refractivity contribution in [1.29, 1.82) is 0 Å². The van der Waals surface area contributed by atoms with Crippen molar-refractivity contribution in [2.24, 2.45) is 0 Å². The third kappa shape index (κ3) is 2.98. The molecule has 1 heterocycles. The molecular formula is C17H17NO4. The lowest BCUT2D eigenvalue weighted by molar-refractivity contribution is 0.154. The van der Waals surface area contributed by atoms with Crippen LogP contribution in [0.4, 0.5) is 10.5 Å². The molecule has 0 spiro atoms. The average molecular weight is 299 g/mol. The van der Waals surface area contributed by atoms with Crippen LogP contribution in [0.1, 0.15) is 16.7 Å². The molecule has 5 nitrogen and oxygen atoms in total. The highest BCUT2D eigenvalue weighted by atomic mass is 16.7. The predicted octanol–water partition coefficient (Wildman–Crippen LogP) is 3.78. The summed E-state index contributed by atoms with van der Waals surface area (Å²) in [7, 11) is 0. The highest BCUT2D eigenvalue weighted by molar-refractivity contribution is 5.85. The minimum absolute atomic E-state index is 0.174. The van der Waals surface area contributed by atoms with Crippen LogP contribution in [-0.2, 0) is 11.3 Å². The molecule has 0 saturated heterocycles. The number of ether oxygens (including phenoxy) is 3. The fourth-order valence-electron chi connectivity index (χ4n) is 2.21. The largest absolute Gasteiger partial charge is 0.454 e. The van der Waals surface area contributed by atoms with E-state index in [1.54, 1.807) is 0 Å². The maximum Gasteiger partial charge on any atom is 0.411 e. The van der Waals surface area contributed by atoms with Gasteiger partial charge in [0.1, 0.15) is 6.61 Å². The summed E-state index contributed by atoms with van der Waals surface area (Å²) in [6, 6.07) is 11.2. The Hall–Kier alpha value is -2.69. The number of aryl methyl sites for hydroxylation is 1. The highest BCUT2D eigenvalue weighted by Crippen LogP contribution is 2.32. The van der Waals surface area contributed by atoms with Gasteiger partial charge in [-0.3, -0.25) is 5.32 Å². The van der Waals surface area contributed by atoms with Gasteiger partial charge in [0, 0.05) is 5.69 Å². The van der Waals surface area contributed by atoms with Gasteiger partial charge in [-0.15, -0.1) is 0 Å². The van der Waals surface area contributed by atoms with Gasteiger partial charge in [-0.25, -0.2) is 4.79 Å². The fourth-order valence-corrected chi connectivity index (χ4v) is 2.21. The minimum atomic E-state index is -0.480. The van der Waals surface area contributed by atoms with Gasteiger partial charge in [0.15, 0.2) is 11.5 Å². The molecule has 0 atom stereocenters. The lowest BCUT2D eigenvalue weighted by Gasteiger charge is -2.11. The molecular weight excluding hydrogens is 282 g/mol. The highest BCUT2D eigenvalue weighted by Gasteiger charge is 2.14. The van der Waals surface area contributed by atoms with E-state index in [0.29, 0.717) is 11.5 Å². The van der Waals surface area contributed by atoms with Gasteiger partial charge in [0.25, 0.3) is 0 Å². The number of benzene rings is 2. The number of carbonyl (C=O) groups is 1. The smallest absolute Gasteiger partial charge is 0.411 e. The number of anilines is 1. The van der Waals surface area contributed by atoms with Crippen LogP contribution < -0.4 is 14.8 Å². The Labute approximate surface area is 128 Å². The molecule has 0 unspecified atom stereocenters. The Bertz CT molecular complexity index is 712. The zero-order valence-electron chi connectivity index (χ0n) is 12.5. The first kappa shape index (κ1) is 14.3. The van der Waals surface area contributed by atoms with E-state index in [1.165, 1.54) is 0 Å². The lowest BCUT2D eigenvalue weighted by Crippen LogP contribution is -2.14. The van der Waals surface area contributed by atoms with Gasteiger partial charge in [-0.2, -0.15) is 0 Å². The average Bonchev–Trinajstić information content (AvgIpc) is 2.97. The van der Waals surface area contributed by atoms with Crippen molar-refractivity contribution in [3.05, 3.63) is 53.1 Å². The zero-order valence-corrected chi connectivity index (χ0v) is 12.5. The van der Waals surface area contributed by atoms with Crippen LogP contribution in [-0.4, -0.2) is 12.9 Å². The summed E-state index contributed by atoms with van der Waals surface area (Å²) in [5.41, 5.74) is 3.76. The van der Waals surface area contributed by atoms with Gasteiger partial charge in [-0.05, 0) is 48.7 Å². The summed E-state index contributed by atoms with van der Waals surface area (Å²) in [6.45, 7) is 4.36. The Balaban J connectivity index is 1.59. The van der Waals surface area contributed by atoms with Crippen LogP contribution in [0.2, 0.25) is 0 Å². The third-order valence-corrected chi connectivity index (χ3v) is 3.65. The van der Waals surface area contributed by atoms with Crippen LogP contribution in [0, 0.1) is 13.8 Å². The van der Waals surface area contributed by atoms with Crippen LogP contribution in [0.25, 0.3) is 0 Å². The van der Waals surface area contributed by atoms with Crippen molar-refractivity contribution in [1.82, 2.24) is 0 Å². The van der Waals surface area contributed by atoms with E-state index in [0.717, 1.165) is 22.4 Å². The quantitative estimate of drug-likeness (QED) is 0.937. The molecule has 0 radical (unpaired) electrons. The maximum absolute atomic E-state index is 11.9. The second kappa shape index (κ2) is 5.97. The van der Waals surface area contributed by atoms with Crippen LogP contribution in [0.15, 0.2) is 36.4 Å². The summed E-state index contributed by atoms with van der Waals surface area (Å²) < 4.78 is 15.8. The van der Waals surface area contributed by atoms with E-state index >= 15 is 0 Å². The molecule has 5 heteroatoms. The lowest BCUT2D eigenvalue weighted by atomic mass is 10.1. The first-order chi connectivity index (χ1) is 10.6. The standard InChI is InChI=1S/C17H17NO4/c1-11-4-3-5-14(12(11)2)18-17(19)20-9-13-6-7-15-16(8-13)22-10-21-15/h3-8H,9-10H2,1-2H3,(H,18,19). The molecule has 1 amide bonds. The van der Waals surface area contributed by atoms with E-state index in [-0.39, 0.29) is 13.4 Å². The van der Waals surface area contributed by atoms with Gasteiger partial charge >= 0.3 is 6.09 Å². The molecule has 0 saturated carbocycles. The minimum Gasteiger partial charge on any atom is -0.454 e. The van der Waals surface area contributed by atoms with E-state index in [2.05, 4.69) is 5.32 Å². The van der Waals surface area contributed by atoms with E-state index in [4.69, 9.17) is 14.2 Å². The van der Waals surface area contributed by atoms with Crippen molar-refractivity contribution < 1.29 is 19.0 Å². The number of hydrogen-bond acceptors (Lipinski definition) is 4. The molecule has 0 bridgehead atoms. The molecule has 1 N–H and O–H groups in total. The Morgan fingerprint density at radius 2 is 2.00 bits per heavy atom. The molecule has 3 rings (SSSR count). The fraction of sp³-hybridized carbons (Fsp3) is 0.235. The van der Waals surface area contributed by atoms with Crippen molar-refractivity contribution in [3.63, 3.8) is 0 Å². The van der Waals surface area contributed by atoms with Gasteiger partial charge < -0.3 is 14.2 Å². The topological polar surface area (TPSA) is 56.8 Å². The summed E-state index contributed by atoms with van der Waals surface area (Å²) in [5, 5.41) is 2.76. The van der Waals surface area contributed by atoms with E-state index in [9.17, 15) is 4.79 Å². The predicted molar refractivity (Wildman–Crippen MR) is 82.3 cm³/mol. The number of amides is 1. The first-order valence-corrected chi connectivity index (χ1v) is 7.02. The molecule has 2 aromatic rings. The summed E-state index contributed by atoms with van der Waals surface area (Å²) in [6.07, 6.45) is -0.480. The molecule has 0 aromatic heterocycles. The van der Waals surface area contributed by atoms with Crippen LogP contribution >= 0.6 is 0 Å². The molecule has 0 fully saturated rings. The Kier molecular flexibility index (Phi) is 3.87. The number of hydrogen-bond donors (Lipinski definition) is 1. The maximum atomic E-state index is 11.9. The summed E-state index contributed by atoms with van der Waals surface area (Å²) in [4.78, 5) is 11.9. The SMILES string of the molecule is Cc1cccc(NC(=O)OCc2ccc3c(c2)OCO3)c1C. The number of fused-ring (bicyclic) bond motifs is 1. The molecule has 114 valence electrons.